The van der Waals surface area contributed by atoms with Crippen molar-refractivity contribution in [2.75, 3.05) is 39.3 Å². The Balaban J connectivity index is 1.17. The molecule has 0 unspecified atom stereocenters. The van der Waals surface area contributed by atoms with Crippen molar-refractivity contribution in [1.29, 1.82) is 0 Å². The van der Waals surface area contributed by atoms with Crippen LogP contribution >= 0.6 is 11.6 Å². The highest BCUT2D eigenvalue weighted by atomic mass is 35.5. The summed E-state index contributed by atoms with van der Waals surface area (Å²) in [6.45, 7) is 14.2. The number of hydrogen-bond acceptors (Lipinski definition) is 9. The number of aromatic nitrogens is 5. The zero-order valence-corrected chi connectivity index (χ0v) is 27.3. The average molecular weight is 634 g/mol. The molecule has 1 aliphatic heterocycles. The SMILES string of the molecule is Cc1cc(OCCN2CCN(C(=O)OC(C)(C)C)CC2)ncc1-c1nc2c(OC3(C)CC3)ncnc2n1Cc1ccccc1Cl. The summed E-state index contributed by atoms with van der Waals surface area (Å²) in [4.78, 5) is 35.1. The third-order valence-corrected chi connectivity index (χ3v) is 8.46. The molecule has 4 aromatic rings. The molecule has 4 heterocycles. The van der Waals surface area contributed by atoms with Gasteiger partial charge in [-0.2, -0.15) is 4.98 Å². The van der Waals surface area contributed by atoms with Crippen LogP contribution in [0.2, 0.25) is 5.02 Å². The molecule has 1 amide bonds. The Kier molecular flexibility index (Phi) is 8.58. The third kappa shape index (κ3) is 7.31. The Morgan fingerprint density at radius 3 is 2.51 bits per heavy atom. The summed E-state index contributed by atoms with van der Waals surface area (Å²) in [6, 6.07) is 9.70. The second-order valence-corrected chi connectivity index (χ2v) is 13.4. The average Bonchev–Trinajstić information content (AvgIpc) is 3.61. The molecule has 0 spiro atoms. The number of aryl methyl sites for hydroxylation is 1. The van der Waals surface area contributed by atoms with E-state index in [0.717, 1.165) is 49.2 Å². The summed E-state index contributed by atoms with van der Waals surface area (Å²) in [5, 5.41) is 0.672. The van der Waals surface area contributed by atoms with Gasteiger partial charge in [-0.15, -0.1) is 0 Å². The molecule has 238 valence electrons. The summed E-state index contributed by atoms with van der Waals surface area (Å²) in [5.74, 6) is 1.73. The van der Waals surface area contributed by atoms with Crippen molar-refractivity contribution in [3.05, 3.63) is 59.0 Å². The predicted octanol–water partition coefficient (Wildman–Crippen LogP) is 5.76. The second-order valence-electron chi connectivity index (χ2n) is 13.0. The van der Waals surface area contributed by atoms with Crippen LogP contribution in [-0.2, 0) is 11.3 Å². The minimum atomic E-state index is -0.495. The largest absolute Gasteiger partial charge is 0.476 e. The molecular weight excluding hydrogens is 594 g/mol. The first-order chi connectivity index (χ1) is 21.5. The molecule has 1 aliphatic carbocycles. The van der Waals surface area contributed by atoms with E-state index in [1.807, 2.05) is 62.6 Å². The Morgan fingerprint density at radius 2 is 1.82 bits per heavy atom. The van der Waals surface area contributed by atoms with Crippen molar-refractivity contribution >= 4 is 28.9 Å². The van der Waals surface area contributed by atoms with Gasteiger partial charge in [0.1, 0.15) is 30.0 Å². The number of carbonyl (C=O) groups excluding carboxylic acids is 1. The number of hydrogen-bond donors (Lipinski definition) is 0. The molecule has 1 aromatic carbocycles. The highest BCUT2D eigenvalue weighted by Crippen LogP contribution is 2.41. The van der Waals surface area contributed by atoms with Crippen LogP contribution in [0.4, 0.5) is 4.79 Å². The maximum absolute atomic E-state index is 12.4. The van der Waals surface area contributed by atoms with E-state index in [1.54, 1.807) is 11.1 Å². The smallest absolute Gasteiger partial charge is 0.410 e. The minimum absolute atomic E-state index is 0.212. The lowest BCUT2D eigenvalue weighted by atomic mass is 10.1. The van der Waals surface area contributed by atoms with E-state index < -0.39 is 5.60 Å². The van der Waals surface area contributed by atoms with E-state index in [-0.39, 0.29) is 11.7 Å². The number of benzene rings is 1. The van der Waals surface area contributed by atoms with Crippen molar-refractivity contribution in [2.45, 2.75) is 65.2 Å². The van der Waals surface area contributed by atoms with Gasteiger partial charge in [0.25, 0.3) is 0 Å². The molecular formula is C33H40ClN7O4. The fraction of sp³-hybridized carbons (Fsp3) is 0.485. The molecule has 2 fully saturated rings. The van der Waals surface area contributed by atoms with Crippen molar-refractivity contribution < 1.29 is 19.0 Å². The Hall–Kier alpha value is -3.96. The zero-order valence-electron chi connectivity index (χ0n) is 26.5. The van der Waals surface area contributed by atoms with Gasteiger partial charge in [-0.1, -0.05) is 29.8 Å². The van der Waals surface area contributed by atoms with E-state index in [9.17, 15) is 4.79 Å². The lowest BCUT2D eigenvalue weighted by Gasteiger charge is -2.35. The molecule has 1 saturated heterocycles. The summed E-state index contributed by atoms with van der Waals surface area (Å²) >= 11 is 6.57. The number of rotatable bonds is 9. The summed E-state index contributed by atoms with van der Waals surface area (Å²) in [7, 11) is 0. The summed E-state index contributed by atoms with van der Waals surface area (Å²) in [6.07, 6.45) is 5.03. The number of carbonyl (C=O) groups is 1. The Bertz CT molecular complexity index is 1690. The van der Waals surface area contributed by atoms with E-state index in [4.69, 9.17) is 30.8 Å². The van der Waals surface area contributed by atoms with E-state index in [0.29, 0.717) is 60.0 Å². The topological polar surface area (TPSA) is 108 Å². The summed E-state index contributed by atoms with van der Waals surface area (Å²) < 4.78 is 19.9. The lowest BCUT2D eigenvalue weighted by molar-refractivity contribution is 0.0136. The maximum atomic E-state index is 12.4. The van der Waals surface area contributed by atoms with Gasteiger partial charge in [-0.3, -0.25) is 4.90 Å². The molecule has 2 aliphatic rings. The first-order valence-electron chi connectivity index (χ1n) is 15.4. The van der Waals surface area contributed by atoms with Gasteiger partial charge in [-0.05, 0) is 64.7 Å². The number of fused-ring (bicyclic) bond motifs is 1. The number of ether oxygens (including phenoxy) is 3. The molecule has 0 atom stereocenters. The minimum Gasteiger partial charge on any atom is -0.476 e. The van der Waals surface area contributed by atoms with Gasteiger partial charge in [0, 0.05) is 55.6 Å². The second kappa shape index (κ2) is 12.4. The molecule has 0 bridgehead atoms. The van der Waals surface area contributed by atoms with Gasteiger partial charge >= 0.3 is 6.09 Å². The van der Waals surface area contributed by atoms with Crippen LogP contribution in [0.25, 0.3) is 22.6 Å². The number of amides is 1. The van der Waals surface area contributed by atoms with Gasteiger partial charge < -0.3 is 23.7 Å². The first kappa shape index (κ1) is 31.0. The quantitative estimate of drug-likeness (QED) is 0.227. The number of imidazole rings is 1. The maximum Gasteiger partial charge on any atom is 0.410 e. The molecule has 3 aromatic heterocycles. The first-order valence-corrected chi connectivity index (χ1v) is 15.8. The standard InChI is InChI=1S/C33H40ClN7O4/c1-22-18-26(43-17-16-39-12-14-40(15-13-39)31(42)45-32(2,3)4)35-19-24(22)28-38-27-29(36-21-37-30(27)44-33(5)10-11-33)41(28)20-23-8-6-7-9-25(23)34/h6-9,18-19,21H,10-17,20H2,1-5H3. The molecule has 12 heteroatoms. The lowest BCUT2D eigenvalue weighted by Crippen LogP contribution is -2.50. The zero-order chi connectivity index (χ0) is 31.8. The third-order valence-electron chi connectivity index (χ3n) is 8.09. The van der Waals surface area contributed by atoms with Crippen molar-refractivity contribution in [1.82, 2.24) is 34.3 Å². The monoisotopic (exact) mass is 633 g/mol. The van der Waals surface area contributed by atoms with Crippen LogP contribution in [0, 0.1) is 6.92 Å². The highest BCUT2D eigenvalue weighted by Gasteiger charge is 2.41. The molecule has 11 nitrogen and oxygen atoms in total. The fourth-order valence-corrected chi connectivity index (χ4v) is 5.45. The molecule has 1 saturated carbocycles. The summed E-state index contributed by atoms with van der Waals surface area (Å²) in [5.41, 5.74) is 3.35. The van der Waals surface area contributed by atoms with Gasteiger partial charge in [0.2, 0.25) is 11.8 Å². The highest BCUT2D eigenvalue weighted by molar-refractivity contribution is 6.31. The van der Waals surface area contributed by atoms with Gasteiger partial charge in [0.15, 0.2) is 11.2 Å². The fourth-order valence-electron chi connectivity index (χ4n) is 5.26. The molecule has 6 rings (SSSR count). The van der Waals surface area contributed by atoms with Crippen molar-refractivity contribution in [3.8, 4) is 23.1 Å². The van der Waals surface area contributed by atoms with Crippen molar-refractivity contribution in [2.24, 2.45) is 0 Å². The predicted molar refractivity (Wildman–Crippen MR) is 172 cm³/mol. The van der Waals surface area contributed by atoms with Crippen LogP contribution < -0.4 is 9.47 Å². The van der Waals surface area contributed by atoms with Crippen molar-refractivity contribution in [3.63, 3.8) is 0 Å². The van der Waals surface area contributed by atoms with Crippen LogP contribution in [0.15, 0.2) is 42.9 Å². The van der Waals surface area contributed by atoms with Gasteiger partial charge in [0.05, 0.1) is 6.54 Å². The van der Waals surface area contributed by atoms with Crippen LogP contribution in [0.1, 0.15) is 51.7 Å². The van der Waals surface area contributed by atoms with Gasteiger partial charge in [-0.25, -0.2) is 19.7 Å². The number of piperazine rings is 1. The Labute approximate surface area is 268 Å². The van der Waals surface area contributed by atoms with Crippen LogP contribution in [0.3, 0.4) is 0 Å². The molecule has 45 heavy (non-hydrogen) atoms. The van der Waals surface area contributed by atoms with Crippen LogP contribution in [-0.4, -0.2) is 90.9 Å². The molecule has 0 N–H and O–H groups in total. The molecule has 0 radical (unpaired) electrons. The van der Waals surface area contributed by atoms with Crippen LogP contribution in [0.5, 0.6) is 11.8 Å². The van der Waals surface area contributed by atoms with E-state index in [1.165, 1.54) is 6.33 Å². The normalized spacial score (nSPS) is 16.5. The number of pyridine rings is 1. The number of halogens is 1. The number of nitrogens with zero attached hydrogens (tertiary/aromatic N) is 7. The van der Waals surface area contributed by atoms with E-state index >= 15 is 0 Å². The Morgan fingerprint density at radius 1 is 1.07 bits per heavy atom. The van der Waals surface area contributed by atoms with E-state index in [2.05, 4.69) is 26.8 Å².